The first-order valence-corrected chi connectivity index (χ1v) is 10.4. The number of hydrogen-bond donors (Lipinski definition) is 2. The van der Waals surface area contributed by atoms with Crippen molar-refractivity contribution in [3.8, 4) is 0 Å². The predicted molar refractivity (Wildman–Crippen MR) is 102 cm³/mol. The molecule has 2 amide bonds. The maximum absolute atomic E-state index is 13.2. The topological polar surface area (TPSA) is 92.3 Å². The van der Waals surface area contributed by atoms with Gasteiger partial charge < -0.3 is 10.6 Å². The monoisotopic (exact) mass is 412 g/mol. The summed E-state index contributed by atoms with van der Waals surface area (Å²) in [6.45, 7) is 0. The molecular weight excluding hydrogens is 395 g/mol. The molecule has 0 saturated carbocycles. The van der Waals surface area contributed by atoms with Crippen LogP contribution in [0.25, 0.3) is 0 Å². The fourth-order valence-corrected chi connectivity index (χ4v) is 3.08. The van der Waals surface area contributed by atoms with Gasteiger partial charge in [0.1, 0.15) is 21.7 Å². The third-order valence-corrected chi connectivity index (χ3v) is 4.89. The Morgan fingerprint density at radius 3 is 2.41 bits per heavy atom. The van der Waals surface area contributed by atoms with E-state index in [1.54, 1.807) is 30.3 Å². The molecular formula is C18H18ClFN2O4S. The highest BCUT2D eigenvalue weighted by molar-refractivity contribution is 7.90. The molecule has 0 radical (unpaired) electrons. The van der Waals surface area contributed by atoms with Crippen LogP contribution in [-0.2, 0) is 14.6 Å². The third kappa shape index (κ3) is 6.65. The smallest absolute Gasteiger partial charge is 0.251 e. The molecule has 0 fully saturated rings. The van der Waals surface area contributed by atoms with E-state index in [9.17, 15) is 22.4 Å². The van der Waals surface area contributed by atoms with E-state index < -0.39 is 33.5 Å². The zero-order valence-corrected chi connectivity index (χ0v) is 16.0. The van der Waals surface area contributed by atoms with Crippen LogP contribution in [0.3, 0.4) is 0 Å². The van der Waals surface area contributed by atoms with Crippen LogP contribution >= 0.6 is 11.6 Å². The van der Waals surface area contributed by atoms with Crippen LogP contribution in [0.1, 0.15) is 16.8 Å². The van der Waals surface area contributed by atoms with Gasteiger partial charge in [-0.3, -0.25) is 9.59 Å². The number of hydrogen-bond acceptors (Lipinski definition) is 4. The molecule has 0 aromatic heterocycles. The fraction of sp³-hybridized carbons (Fsp3) is 0.222. The molecule has 2 rings (SSSR count). The molecule has 144 valence electrons. The van der Waals surface area contributed by atoms with Crippen molar-refractivity contribution in [2.24, 2.45) is 0 Å². The molecule has 2 N–H and O–H groups in total. The molecule has 0 aliphatic carbocycles. The summed E-state index contributed by atoms with van der Waals surface area (Å²) in [5.41, 5.74) is 0.559. The minimum atomic E-state index is -3.34. The van der Waals surface area contributed by atoms with E-state index in [1.165, 1.54) is 12.1 Å². The number of benzene rings is 2. The predicted octanol–water partition coefficient (Wildman–Crippen LogP) is 2.65. The van der Waals surface area contributed by atoms with Gasteiger partial charge in [0.2, 0.25) is 5.91 Å². The fourth-order valence-electron chi connectivity index (χ4n) is 2.24. The Morgan fingerprint density at radius 1 is 1.15 bits per heavy atom. The van der Waals surface area contributed by atoms with E-state index in [0.717, 1.165) is 12.3 Å². The quantitative estimate of drug-likeness (QED) is 0.731. The van der Waals surface area contributed by atoms with E-state index in [2.05, 4.69) is 10.6 Å². The molecule has 6 nitrogen and oxygen atoms in total. The van der Waals surface area contributed by atoms with Crippen LogP contribution in [0.15, 0.2) is 48.5 Å². The first-order valence-electron chi connectivity index (χ1n) is 7.95. The summed E-state index contributed by atoms with van der Waals surface area (Å²) >= 11 is 5.69. The largest absolute Gasteiger partial charge is 0.340 e. The van der Waals surface area contributed by atoms with Crippen molar-refractivity contribution in [3.05, 3.63) is 64.9 Å². The SMILES string of the molecule is CS(=O)(=O)CC[C@@H](NC(=O)c1ccccc1)C(=O)Nc1ccc(F)c(Cl)c1. The molecule has 9 heteroatoms. The third-order valence-electron chi connectivity index (χ3n) is 3.62. The summed E-state index contributed by atoms with van der Waals surface area (Å²) < 4.78 is 36.1. The van der Waals surface area contributed by atoms with Gasteiger partial charge in [0.15, 0.2) is 0 Å². The van der Waals surface area contributed by atoms with Crippen molar-refractivity contribution in [2.45, 2.75) is 12.5 Å². The van der Waals surface area contributed by atoms with Crippen molar-refractivity contribution < 1.29 is 22.4 Å². The second-order valence-corrected chi connectivity index (χ2v) is 8.60. The number of carbonyl (C=O) groups is 2. The summed E-state index contributed by atoms with van der Waals surface area (Å²) in [7, 11) is -3.34. The standard InChI is InChI=1S/C18H18ClFN2O4S/c1-27(25,26)10-9-16(22-17(23)12-5-3-2-4-6-12)18(24)21-13-7-8-15(20)14(19)11-13/h2-8,11,16H,9-10H2,1H3,(H,21,24)(H,22,23)/t16-/m1/s1. The van der Waals surface area contributed by atoms with Gasteiger partial charge in [-0.15, -0.1) is 0 Å². The lowest BCUT2D eigenvalue weighted by atomic mass is 10.1. The van der Waals surface area contributed by atoms with Crippen molar-refractivity contribution in [3.63, 3.8) is 0 Å². The average molecular weight is 413 g/mol. The lowest BCUT2D eigenvalue weighted by Gasteiger charge is -2.18. The van der Waals surface area contributed by atoms with Crippen LogP contribution in [-0.4, -0.2) is 38.3 Å². The molecule has 0 spiro atoms. The first kappa shape index (κ1) is 20.9. The maximum atomic E-state index is 13.2. The number of nitrogens with one attached hydrogen (secondary N) is 2. The second-order valence-electron chi connectivity index (χ2n) is 5.93. The molecule has 27 heavy (non-hydrogen) atoms. The van der Waals surface area contributed by atoms with Crippen molar-refractivity contribution >= 4 is 38.9 Å². The van der Waals surface area contributed by atoms with Crippen LogP contribution < -0.4 is 10.6 Å². The minimum absolute atomic E-state index is 0.113. The molecule has 0 aliphatic heterocycles. The van der Waals surface area contributed by atoms with Gasteiger partial charge >= 0.3 is 0 Å². The Labute approximate surface area is 161 Å². The van der Waals surface area contributed by atoms with Crippen LogP contribution in [0.2, 0.25) is 5.02 Å². The first-order chi connectivity index (χ1) is 12.7. The summed E-state index contributed by atoms with van der Waals surface area (Å²) in [4.78, 5) is 24.9. The summed E-state index contributed by atoms with van der Waals surface area (Å²) in [6, 6.07) is 10.7. The lowest BCUT2D eigenvalue weighted by molar-refractivity contribution is -0.118. The van der Waals surface area contributed by atoms with Crippen molar-refractivity contribution in [2.75, 3.05) is 17.3 Å². The molecule has 0 unspecified atom stereocenters. The zero-order chi connectivity index (χ0) is 20.0. The Morgan fingerprint density at radius 2 is 1.81 bits per heavy atom. The van der Waals surface area contributed by atoms with Crippen LogP contribution in [0.5, 0.6) is 0 Å². The Hall–Kier alpha value is -2.45. The lowest BCUT2D eigenvalue weighted by Crippen LogP contribution is -2.44. The van der Waals surface area contributed by atoms with Crippen molar-refractivity contribution in [1.82, 2.24) is 5.32 Å². The van der Waals surface area contributed by atoms with Gasteiger partial charge in [0.25, 0.3) is 5.91 Å². The van der Waals surface area contributed by atoms with E-state index in [0.29, 0.717) is 5.56 Å². The van der Waals surface area contributed by atoms with Gasteiger partial charge in [-0.2, -0.15) is 0 Å². The summed E-state index contributed by atoms with van der Waals surface area (Å²) in [6.07, 6.45) is 0.929. The molecule has 2 aromatic rings. The van der Waals surface area contributed by atoms with Crippen LogP contribution in [0, 0.1) is 5.82 Å². The van der Waals surface area contributed by atoms with Gasteiger partial charge in [0, 0.05) is 17.5 Å². The van der Waals surface area contributed by atoms with E-state index in [1.807, 2.05) is 0 Å². The molecule has 0 heterocycles. The van der Waals surface area contributed by atoms with Gasteiger partial charge in [-0.25, -0.2) is 12.8 Å². The highest BCUT2D eigenvalue weighted by Crippen LogP contribution is 2.19. The highest BCUT2D eigenvalue weighted by Gasteiger charge is 2.23. The Bertz CT molecular complexity index is 936. The zero-order valence-electron chi connectivity index (χ0n) is 14.4. The Kier molecular flexibility index (Phi) is 6.92. The minimum Gasteiger partial charge on any atom is -0.340 e. The molecule has 0 saturated heterocycles. The molecule has 2 aromatic carbocycles. The van der Waals surface area contributed by atoms with E-state index in [4.69, 9.17) is 11.6 Å². The number of anilines is 1. The number of halogens is 2. The normalized spacial score (nSPS) is 12.3. The number of amides is 2. The van der Waals surface area contributed by atoms with Gasteiger partial charge in [-0.05, 0) is 36.8 Å². The van der Waals surface area contributed by atoms with E-state index in [-0.39, 0.29) is 22.9 Å². The average Bonchev–Trinajstić information content (AvgIpc) is 2.61. The van der Waals surface area contributed by atoms with Crippen LogP contribution in [0.4, 0.5) is 10.1 Å². The van der Waals surface area contributed by atoms with E-state index >= 15 is 0 Å². The van der Waals surface area contributed by atoms with Crippen molar-refractivity contribution in [1.29, 1.82) is 0 Å². The number of rotatable bonds is 7. The molecule has 1 atom stereocenters. The molecule has 0 aliphatic rings. The number of carbonyl (C=O) groups excluding carboxylic acids is 2. The summed E-state index contributed by atoms with van der Waals surface area (Å²) in [5.74, 6) is -2.07. The maximum Gasteiger partial charge on any atom is 0.251 e. The Balaban J connectivity index is 2.15. The second kappa shape index (κ2) is 8.96. The van der Waals surface area contributed by atoms with Gasteiger partial charge in [-0.1, -0.05) is 29.8 Å². The highest BCUT2D eigenvalue weighted by atomic mass is 35.5. The number of sulfone groups is 1. The molecule has 0 bridgehead atoms. The summed E-state index contributed by atoms with van der Waals surface area (Å²) in [5, 5.41) is 4.86. The van der Waals surface area contributed by atoms with Gasteiger partial charge in [0.05, 0.1) is 10.8 Å².